The van der Waals surface area contributed by atoms with Gasteiger partial charge in [0.05, 0.1) is 12.3 Å². The van der Waals surface area contributed by atoms with Crippen LogP contribution in [0.3, 0.4) is 0 Å². The van der Waals surface area contributed by atoms with E-state index in [9.17, 15) is 14.9 Å². The molecular weight excluding hydrogens is 288 g/mol. The highest BCUT2D eigenvalue weighted by Crippen LogP contribution is 2.13. The molecule has 0 unspecified atom stereocenters. The van der Waals surface area contributed by atoms with Crippen molar-refractivity contribution in [3.05, 3.63) is 63.9 Å². The van der Waals surface area contributed by atoms with E-state index in [-0.39, 0.29) is 11.6 Å². The maximum absolute atomic E-state index is 11.5. The van der Waals surface area contributed by atoms with Gasteiger partial charge >= 0.3 is 11.9 Å². The smallest absolute Gasteiger partial charge is 0.400 e. The zero-order valence-corrected chi connectivity index (χ0v) is 11.6. The van der Waals surface area contributed by atoms with Crippen LogP contribution < -0.4 is 10.7 Å². The van der Waals surface area contributed by atoms with Crippen LogP contribution in [0.2, 0.25) is 0 Å². The Labute approximate surface area is 126 Å². The molecule has 0 fully saturated rings. The van der Waals surface area contributed by atoms with E-state index in [4.69, 9.17) is 4.42 Å². The number of nitro groups is 1. The van der Waals surface area contributed by atoms with E-state index in [1.807, 2.05) is 30.3 Å². The molecule has 0 bridgehead atoms. The first-order valence-corrected chi connectivity index (χ1v) is 6.50. The number of rotatable bonds is 6. The summed E-state index contributed by atoms with van der Waals surface area (Å²) < 4.78 is 4.85. The van der Waals surface area contributed by atoms with Crippen molar-refractivity contribution in [2.24, 2.45) is 5.10 Å². The SMILES string of the molecule is O=C(NCCc1ccccc1)N/N=C/c1ccc([N+](=O)[O-])o1. The summed E-state index contributed by atoms with van der Waals surface area (Å²) in [7, 11) is 0. The van der Waals surface area contributed by atoms with Crippen LogP contribution in [0.1, 0.15) is 11.3 Å². The van der Waals surface area contributed by atoms with Gasteiger partial charge in [0.1, 0.15) is 4.92 Å². The number of urea groups is 1. The first-order valence-electron chi connectivity index (χ1n) is 6.50. The van der Waals surface area contributed by atoms with E-state index in [0.717, 1.165) is 5.56 Å². The van der Waals surface area contributed by atoms with Crippen LogP contribution in [-0.4, -0.2) is 23.7 Å². The van der Waals surface area contributed by atoms with Gasteiger partial charge in [-0.3, -0.25) is 10.1 Å². The molecule has 0 aliphatic heterocycles. The first-order chi connectivity index (χ1) is 10.6. The number of furan rings is 1. The predicted octanol–water partition coefficient (Wildman–Crippen LogP) is 2.06. The number of hydrogen-bond acceptors (Lipinski definition) is 5. The minimum atomic E-state index is -0.652. The van der Waals surface area contributed by atoms with Gasteiger partial charge in [-0.25, -0.2) is 10.2 Å². The average Bonchev–Trinajstić information content (AvgIpc) is 2.97. The number of nitrogens with one attached hydrogen (secondary N) is 2. The van der Waals surface area contributed by atoms with Crippen molar-refractivity contribution in [2.45, 2.75) is 6.42 Å². The lowest BCUT2D eigenvalue weighted by Crippen LogP contribution is -2.33. The van der Waals surface area contributed by atoms with Crippen molar-refractivity contribution in [2.75, 3.05) is 6.54 Å². The summed E-state index contributed by atoms with van der Waals surface area (Å²) in [4.78, 5) is 21.2. The molecular formula is C14H14N4O4. The Morgan fingerprint density at radius 3 is 2.73 bits per heavy atom. The Morgan fingerprint density at radius 2 is 2.05 bits per heavy atom. The number of benzene rings is 1. The predicted molar refractivity (Wildman–Crippen MR) is 79.6 cm³/mol. The molecule has 1 aromatic carbocycles. The Morgan fingerprint density at radius 1 is 1.27 bits per heavy atom. The summed E-state index contributed by atoms with van der Waals surface area (Å²) in [5, 5.41) is 16.7. The number of hydrazone groups is 1. The van der Waals surface area contributed by atoms with E-state index in [0.29, 0.717) is 13.0 Å². The topological polar surface area (TPSA) is 110 Å². The molecule has 0 aliphatic rings. The van der Waals surface area contributed by atoms with Crippen LogP contribution in [-0.2, 0) is 6.42 Å². The van der Waals surface area contributed by atoms with Crippen LogP contribution in [0.15, 0.2) is 52.0 Å². The second-order valence-corrected chi connectivity index (χ2v) is 4.29. The second kappa shape index (κ2) is 7.58. The summed E-state index contributed by atoms with van der Waals surface area (Å²) in [6.45, 7) is 0.470. The fraction of sp³-hybridized carbons (Fsp3) is 0.143. The van der Waals surface area contributed by atoms with Gasteiger partial charge in [0.25, 0.3) is 0 Å². The molecule has 2 rings (SSSR count). The van der Waals surface area contributed by atoms with Crippen molar-refractivity contribution < 1.29 is 14.1 Å². The van der Waals surface area contributed by atoms with Crippen molar-refractivity contribution in [1.82, 2.24) is 10.7 Å². The number of carbonyl (C=O) groups excluding carboxylic acids is 1. The minimum absolute atomic E-state index is 0.177. The van der Waals surface area contributed by atoms with Gasteiger partial charge in [-0.1, -0.05) is 30.3 Å². The highest BCUT2D eigenvalue weighted by Gasteiger charge is 2.10. The Hall–Kier alpha value is -3.16. The van der Waals surface area contributed by atoms with E-state index >= 15 is 0 Å². The Kier molecular flexibility index (Phi) is 5.25. The molecule has 0 radical (unpaired) electrons. The highest BCUT2D eigenvalue weighted by atomic mass is 16.6. The molecule has 0 saturated carbocycles. The second-order valence-electron chi connectivity index (χ2n) is 4.29. The van der Waals surface area contributed by atoms with Crippen LogP contribution in [0.4, 0.5) is 10.7 Å². The third kappa shape index (κ3) is 4.75. The molecule has 2 aromatic rings. The molecule has 2 amide bonds. The molecule has 8 heteroatoms. The number of nitrogens with zero attached hydrogens (tertiary/aromatic N) is 2. The number of hydrogen-bond donors (Lipinski definition) is 2. The van der Waals surface area contributed by atoms with Crippen LogP contribution in [0.5, 0.6) is 0 Å². The summed E-state index contributed by atoms with van der Waals surface area (Å²) in [6, 6.07) is 11.9. The zero-order valence-electron chi connectivity index (χ0n) is 11.6. The fourth-order valence-corrected chi connectivity index (χ4v) is 1.67. The molecule has 0 atom stereocenters. The third-order valence-corrected chi connectivity index (χ3v) is 2.69. The van der Waals surface area contributed by atoms with Crippen LogP contribution in [0, 0.1) is 10.1 Å². The maximum atomic E-state index is 11.5. The average molecular weight is 302 g/mol. The summed E-state index contributed by atoms with van der Waals surface area (Å²) in [6.07, 6.45) is 1.89. The molecule has 0 spiro atoms. The molecule has 22 heavy (non-hydrogen) atoms. The molecule has 1 heterocycles. The number of carbonyl (C=O) groups is 1. The van der Waals surface area contributed by atoms with E-state index < -0.39 is 11.0 Å². The quantitative estimate of drug-likeness (QED) is 0.483. The first kappa shape index (κ1) is 15.2. The summed E-state index contributed by atoms with van der Waals surface area (Å²) in [5.41, 5.74) is 3.37. The largest absolute Gasteiger partial charge is 0.433 e. The Balaban J connectivity index is 1.70. The van der Waals surface area contributed by atoms with Crippen LogP contribution >= 0.6 is 0 Å². The van der Waals surface area contributed by atoms with Gasteiger partial charge in [-0.2, -0.15) is 5.10 Å². The zero-order chi connectivity index (χ0) is 15.8. The van der Waals surface area contributed by atoms with Crippen molar-refractivity contribution >= 4 is 18.1 Å². The molecule has 8 nitrogen and oxygen atoms in total. The number of amides is 2. The van der Waals surface area contributed by atoms with E-state index in [1.165, 1.54) is 18.3 Å². The van der Waals surface area contributed by atoms with Gasteiger partial charge in [-0.15, -0.1) is 0 Å². The molecule has 114 valence electrons. The van der Waals surface area contributed by atoms with Gasteiger partial charge in [0.15, 0.2) is 5.76 Å². The van der Waals surface area contributed by atoms with E-state index in [2.05, 4.69) is 15.8 Å². The third-order valence-electron chi connectivity index (χ3n) is 2.69. The lowest BCUT2D eigenvalue weighted by Gasteiger charge is -2.03. The lowest BCUT2D eigenvalue weighted by molar-refractivity contribution is -0.402. The van der Waals surface area contributed by atoms with Crippen LogP contribution in [0.25, 0.3) is 0 Å². The molecule has 0 aliphatic carbocycles. The van der Waals surface area contributed by atoms with Crippen molar-refractivity contribution in [1.29, 1.82) is 0 Å². The Bertz CT molecular complexity index is 666. The lowest BCUT2D eigenvalue weighted by atomic mass is 10.1. The fourth-order valence-electron chi connectivity index (χ4n) is 1.67. The molecule has 1 aromatic heterocycles. The minimum Gasteiger partial charge on any atom is -0.400 e. The maximum Gasteiger partial charge on any atom is 0.433 e. The van der Waals surface area contributed by atoms with Gasteiger partial charge < -0.3 is 9.73 Å². The molecule has 2 N–H and O–H groups in total. The monoisotopic (exact) mass is 302 g/mol. The van der Waals surface area contributed by atoms with E-state index in [1.54, 1.807) is 0 Å². The van der Waals surface area contributed by atoms with Gasteiger partial charge in [-0.05, 0) is 18.1 Å². The molecule has 0 saturated heterocycles. The van der Waals surface area contributed by atoms with Crippen molar-refractivity contribution in [3.8, 4) is 0 Å². The van der Waals surface area contributed by atoms with Gasteiger partial charge in [0.2, 0.25) is 0 Å². The summed E-state index contributed by atoms with van der Waals surface area (Å²) in [5.74, 6) is -0.204. The standard InChI is InChI=1S/C14H14N4O4/c19-14(15-9-8-11-4-2-1-3-5-11)17-16-10-12-6-7-13(22-12)18(20)21/h1-7,10H,8-9H2,(H2,15,17,19)/b16-10+. The van der Waals surface area contributed by atoms with Gasteiger partial charge in [0, 0.05) is 6.54 Å². The normalized spacial score (nSPS) is 10.5. The summed E-state index contributed by atoms with van der Waals surface area (Å²) >= 11 is 0. The highest BCUT2D eigenvalue weighted by molar-refractivity contribution is 5.79. The van der Waals surface area contributed by atoms with Crippen molar-refractivity contribution in [3.63, 3.8) is 0 Å².